The van der Waals surface area contributed by atoms with E-state index in [4.69, 9.17) is 0 Å². The van der Waals surface area contributed by atoms with Crippen molar-refractivity contribution in [1.29, 1.82) is 0 Å². The van der Waals surface area contributed by atoms with Crippen molar-refractivity contribution in [2.24, 2.45) is 0 Å². The topological polar surface area (TPSA) is 89.8 Å². The van der Waals surface area contributed by atoms with Crippen molar-refractivity contribution in [2.75, 3.05) is 20.8 Å². The Balaban J connectivity index is 1.94. The number of hydrogen-bond acceptors (Lipinski definition) is 6. The summed E-state index contributed by atoms with van der Waals surface area (Å²) in [6.45, 7) is 2.20. The number of esters is 2. The van der Waals surface area contributed by atoms with Crippen molar-refractivity contribution in [3.05, 3.63) is 70.8 Å². The van der Waals surface area contributed by atoms with Crippen LogP contribution in [0, 0.1) is 6.92 Å². The number of rotatable bonds is 6. The standard InChI is InChI=1S/C21H21NO6S/c1-14-8-10-16(11-9-14)29(25,26)22-13-19(22)17-7-5-4-6-15(17)12-18(20(23)27-2)21(24)28-3/h4-12,19H,13H2,1-3H3. The lowest BCUT2D eigenvalue weighted by Crippen LogP contribution is -2.16. The molecular weight excluding hydrogens is 394 g/mol. The van der Waals surface area contributed by atoms with Crippen LogP contribution >= 0.6 is 0 Å². The van der Waals surface area contributed by atoms with E-state index in [2.05, 4.69) is 9.47 Å². The molecule has 0 saturated carbocycles. The van der Waals surface area contributed by atoms with Crippen LogP contribution in [0.15, 0.2) is 59.0 Å². The smallest absolute Gasteiger partial charge is 0.345 e. The fraction of sp³-hybridized carbons (Fsp3) is 0.238. The minimum absolute atomic E-state index is 0.225. The first-order valence-electron chi connectivity index (χ1n) is 8.85. The molecule has 8 heteroatoms. The van der Waals surface area contributed by atoms with Gasteiger partial charge < -0.3 is 9.47 Å². The van der Waals surface area contributed by atoms with Gasteiger partial charge in [-0.2, -0.15) is 4.31 Å². The highest BCUT2D eigenvalue weighted by atomic mass is 32.2. The van der Waals surface area contributed by atoms with E-state index in [9.17, 15) is 18.0 Å². The van der Waals surface area contributed by atoms with Crippen LogP contribution in [0.5, 0.6) is 0 Å². The van der Waals surface area contributed by atoms with E-state index in [1.54, 1.807) is 48.5 Å². The first-order valence-corrected chi connectivity index (χ1v) is 10.3. The van der Waals surface area contributed by atoms with Crippen LogP contribution in [-0.2, 0) is 29.1 Å². The van der Waals surface area contributed by atoms with Gasteiger partial charge >= 0.3 is 11.9 Å². The molecule has 1 aliphatic heterocycles. The molecule has 0 bridgehead atoms. The summed E-state index contributed by atoms with van der Waals surface area (Å²) in [5.74, 6) is -1.65. The molecule has 29 heavy (non-hydrogen) atoms. The lowest BCUT2D eigenvalue weighted by atomic mass is 10.0. The maximum atomic E-state index is 12.9. The molecule has 7 nitrogen and oxygen atoms in total. The third-order valence-electron chi connectivity index (χ3n) is 4.66. The van der Waals surface area contributed by atoms with Crippen LogP contribution in [0.1, 0.15) is 22.7 Å². The molecule has 2 aromatic rings. The number of ether oxygens (including phenoxy) is 2. The third kappa shape index (κ3) is 4.23. The highest BCUT2D eigenvalue weighted by Crippen LogP contribution is 2.42. The molecule has 0 spiro atoms. The molecule has 1 saturated heterocycles. The quantitative estimate of drug-likeness (QED) is 0.237. The fourth-order valence-corrected chi connectivity index (χ4v) is 4.55. The van der Waals surface area contributed by atoms with Crippen LogP contribution in [0.25, 0.3) is 6.08 Å². The van der Waals surface area contributed by atoms with Crippen LogP contribution < -0.4 is 0 Å². The first kappa shape index (κ1) is 20.8. The van der Waals surface area contributed by atoms with Crippen molar-refractivity contribution < 1.29 is 27.5 Å². The van der Waals surface area contributed by atoms with Crippen molar-refractivity contribution in [2.45, 2.75) is 17.9 Å². The predicted molar refractivity (Wildman–Crippen MR) is 106 cm³/mol. The Morgan fingerprint density at radius 1 is 1.00 bits per heavy atom. The van der Waals surface area contributed by atoms with Crippen LogP contribution in [0.2, 0.25) is 0 Å². The number of carbonyl (C=O) groups is 2. The molecule has 0 aromatic heterocycles. The SMILES string of the molecule is COC(=O)C(=Cc1ccccc1C1CN1S(=O)(=O)c1ccc(C)cc1)C(=O)OC. The molecule has 0 amide bonds. The van der Waals surface area contributed by atoms with Crippen molar-refractivity contribution in [1.82, 2.24) is 4.31 Å². The maximum absolute atomic E-state index is 12.9. The molecule has 2 atom stereocenters. The zero-order chi connectivity index (χ0) is 21.2. The minimum Gasteiger partial charge on any atom is -0.465 e. The maximum Gasteiger partial charge on any atom is 0.345 e. The highest BCUT2D eigenvalue weighted by Gasteiger charge is 2.46. The minimum atomic E-state index is -3.64. The molecular formula is C21H21NO6S. The van der Waals surface area contributed by atoms with Gasteiger partial charge in [0.1, 0.15) is 5.57 Å². The lowest BCUT2D eigenvalue weighted by molar-refractivity contribution is -0.143. The molecule has 0 aliphatic carbocycles. The van der Waals surface area contributed by atoms with Crippen LogP contribution in [-0.4, -0.2) is 45.4 Å². The summed E-state index contributed by atoms with van der Waals surface area (Å²) in [4.78, 5) is 24.1. The number of benzene rings is 2. The van der Waals surface area contributed by atoms with E-state index >= 15 is 0 Å². The van der Waals surface area contributed by atoms with Gasteiger partial charge in [0, 0.05) is 6.54 Å². The van der Waals surface area contributed by atoms with Crippen molar-refractivity contribution >= 4 is 28.0 Å². The third-order valence-corrected chi connectivity index (χ3v) is 6.55. The second-order valence-electron chi connectivity index (χ2n) is 6.57. The Labute approximate surface area is 169 Å². The van der Waals surface area contributed by atoms with E-state index in [0.717, 1.165) is 5.56 Å². The summed E-state index contributed by atoms with van der Waals surface area (Å²) in [6, 6.07) is 13.3. The molecule has 0 N–H and O–H groups in total. The number of methoxy groups -OCH3 is 2. The number of aryl methyl sites for hydroxylation is 1. The summed E-state index contributed by atoms with van der Waals surface area (Å²) in [5, 5.41) is 0. The second kappa shape index (κ2) is 8.18. The summed E-state index contributed by atoms with van der Waals surface area (Å²) >= 11 is 0. The summed E-state index contributed by atoms with van der Waals surface area (Å²) in [5.41, 5.74) is 1.94. The number of carbonyl (C=O) groups excluding carboxylic acids is 2. The van der Waals surface area contributed by atoms with Crippen LogP contribution in [0.4, 0.5) is 0 Å². The normalized spacial score (nSPS) is 17.9. The van der Waals surface area contributed by atoms with Gasteiger partial charge in [-0.1, -0.05) is 42.0 Å². The first-order chi connectivity index (χ1) is 13.8. The molecule has 0 radical (unpaired) electrons. The lowest BCUT2D eigenvalue weighted by Gasteiger charge is -2.10. The van der Waals surface area contributed by atoms with E-state index in [-0.39, 0.29) is 16.5 Å². The molecule has 1 fully saturated rings. The fourth-order valence-electron chi connectivity index (χ4n) is 3.01. The average molecular weight is 415 g/mol. The molecule has 152 valence electrons. The van der Waals surface area contributed by atoms with Gasteiger partial charge in [-0.15, -0.1) is 0 Å². The average Bonchev–Trinajstić information content (AvgIpc) is 3.53. The van der Waals surface area contributed by atoms with Gasteiger partial charge in [-0.25, -0.2) is 18.0 Å². The number of nitrogens with zero attached hydrogens (tertiary/aromatic N) is 1. The van der Waals surface area contributed by atoms with Gasteiger partial charge in [-0.05, 0) is 36.3 Å². The zero-order valence-electron chi connectivity index (χ0n) is 16.3. The van der Waals surface area contributed by atoms with Gasteiger partial charge in [0.2, 0.25) is 10.0 Å². The summed E-state index contributed by atoms with van der Waals surface area (Å²) in [7, 11) is -1.30. The Morgan fingerprint density at radius 3 is 2.17 bits per heavy atom. The Kier molecular flexibility index (Phi) is 5.86. The molecule has 1 heterocycles. The van der Waals surface area contributed by atoms with E-state index in [1.807, 2.05) is 6.92 Å². The molecule has 2 aromatic carbocycles. The van der Waals surface area contributed by atoms with E-state index < -0.39 is 22.0 Å². The summed E-state index contributed by atoms with van der Waals surface area (Å²) < 4.78 is 36.5. The van der Waals surface area contributed by atoms with Crippen LogP contribution in [0.3, 0.4) is 0 Å². The Morgan fingerprint density at radius 2 is 1.59 bits per heavy atom. The van der Waals surface area contributed by atoms with E-state index in [1.165, 1.54) is 24.6 Å². The molecule has 2 unspecified atom stereocenters. The second-order valence-corrected chi connectivity index (χ2v) is 8.46. The van der Waals surface area contributed by atoms with Gasteiger partial charge in [0.15, 0.2) is 0 Å². The monoisotopic (exact) mass is 415 g/mol. The predicted octanol–water partition coefficient (Wildman–Crippen LogP) is 2.47. The summed E-state index contributed by atoms with van der Waals surface area (Å²) in [6.07, 6.45) is 1.36. The van der Waals surface area contributed by atoms with E-state index in [0.29, 0.717) is 17.7 Å². The van der Waals surface area contributed by atoms with Gasteiger partial charge in [0.25, 0.3) is 0 Å². The van der Waals surface area contributed by atoms with Gasteiger partial charge in [0.05, 0.1) is 25.2 Å². The molecule has 1 aliphatic rings. The Hall–Kier alpha value is -2.97. The largest absolute Gasteiger partial charge is 0.465 e. The zero-order valence-corrected chi connectivity index (χ0v) is 17.1. The van der Waals surface area contributed by atoms with Crippen molar-refractivity contribution in [3.8, 4) is 0 Å². The number of hydrogen-bond donors (Lipinski definition) is 0. The number of sulfonamides is 1. The van der Waals surface area contributed by atoms with Gasteiger partial charge in [-0.3, -0.25) is 0 Å². The highest BCUT2D eigenvalue weighted by molar-refractivity contribution is 7.89. The molecule has 3 rings (SSSR count). The van der Waals surface area contributed by atoms with Crippen molar-refractivity contribution in [3.63, 3.8) is 0 Å². The Bertz CT molecular complexity index is 1050.